The van der Waals surface area contributed by atoms with Gasteiger partial charge in [-0.05, 0) is 65.2 Å². The standard InChI is InChI=1S/C19H29N7O/c1-24-9-6-19(7-10-24)5-2-8-25(19)11-14-3-4-15(27-14)26-13-23-16-17(20)21-12-22-18(16)26/h12-15H,2-11H2,1H3,(H2,20,21,22). The number of imidazole rings is 1. The molecule has 3 aliphatic heterocycles. The fourth-order valence-corrected chi connectivity index (χ4v) is 5.23. The lowest BCUT2D eigenvalue weighted by Gasteiger charge is -2.45. The highest BCUT2D eigenvalue weighted by Crippen LogP contribution is 2.40. The molecule has 2 aromatic rings. The van der Waals surface area contributed by atoms with E-state index in [2.05, 4.69) is 31.8 Å². The maximum atomic E-state index is 6.44. The van der Waals surface area contributed by atoms with Crippen LogP contribution in [0.3, 0.4) is 0 Å². The molecular formula is C19H29N7O. The summed E-state index contributed by atoms with van der Waals surface area (Å²) in [5.41, 5.74) is 7.76. The molecule has 2 N–H and O–H groups in total. The van der Waals surface area contributed by atoms with E-state index in [4.69, 9.17) is 10.5 Å². The first-order valence-corrected chi connectivity index (χ1v) is 10.2. The molecule has 3 aliphatic rings. The molecule has 5 rings (SSSR count). The largest absolute Gasteiger partial charge is 0.382 e. The lowest BCUT2D eigenvalue weighted by Crippen LogP contribution is -2.53. The van der Waals surface area contributed by atoms with Crippen molar-refractivity contribution in [1.82, 2.24) is 29.3 Å². The molecule has 0 saturated carbocycles. The second-order valence-electron chi connectivity index (χ2n) is 8.45. The molecule has 5 heterocycles. The van der Waals surface area contributed by atoms with Gasteiger partial charge in [-0.2, -0.15) is 0 Å². The Bertz CT molecular complexity index is 813. The Hall–Kier alpha value is -1.77. The number of rotatable bonds is 3. The van der Waals surface area contributed by atoms with Gasteiger partial charge in [0.15, 0.2) is 11.5 Å². The highest BCUT2D eigenvalue weighted by Gasteiger charge is 2.44. The highest BCUT2D eigenvalue weighted by atomic mass is 16.5. The van der Waals surface area contributed by atoms with Crippen molar-refractivity contribution in [2.24, 2.45) is 0 Å². The molecule has 2 unspecified atom stereocenters. The molecule has 1 spiro atoms. The summed E-state index contributed by atoms with van der Waals surface area (Å²) in [7, 11) is 2.24. The number of hydrogen-bond donors (Lipinski definition) is 1. The Labute approximate surface area is 159 Å². The van der Waals surface area contributed by atoms with Crippen LogP contribution in [-0.2, 0) is 4.74 Å². The molecular weight excluding hydrogens is 342 g/mol. The van der Waals surface area contributed by atoms with Crippen LogP contribution in [-0.4, -0.2) is 74.2 Å². The Morgan fingerprint density at radius 1 is 1.15 bits per heavy atom. The van der Waals surface area contributed by atoms with Crippen molar-refractivity contribution in [2.45, 2.75) is 56.4 Å². The van der Waals surface area contributed by atoms with E-state index in [1.165, 1.54) is 51.6 Å². The van der Waals surface area contributed by atoms with Crippen LogP contribution in [0.2, 0.25) is 0 Å². The van der Waals surface area contributed by atoms with E-state index < -0.39 is 0 Å². The summed E-state index contributed by atoms with van der Waals surface area (Å²) in [5, 5.41) is 0. The minimum Gasteiger partial charge on any atom is -0.382 e. The third-order valence-electron chi connectivity index (χ3n) is 6.87. The van der Waals surface area contributed by atoms with Gasteiger partial charge in [-0.25, -0.2) is 15.0 Å². The van der Waals surface area contributed by atoms with Crippen molar-refractivity contribution in [2.75, 3.05) is 39.0 Å². The minimum atomic E-state index is -0.00894. The fourth-order valence-electron chi connectivity index (χ4n) is 5.23. The van der Waals surface area contributed by atoms with Gasteiger partial charge < -0.3 is 15.4 Å². The summed E-state index contributed by atoms with van der Waals surface area (Å²) in [6, 6.07) is 0. The van der Waals surface area contributed by atoms with Crippen molar-refractivity contribution in [3.8, 4) is 0 Å². The second-order valence-corrected chi connectivity index (χ2v) is 8.45. The first-order valence-electron chi connectivity index (χ1n) is 10.2. The van der Waals surface area contributed by atoms with Crippen molar-refractivity contribution >= 4 is 17.0 Å². The molecule has 0 aliphatic carbocycles. The molecule has 0 bridgehead atoms. The van der Waals surface area contributed by atoms with Gasteiger partial charge in [-0.3, -0.25) is 9.47 Å². The summed E-state index contributed by atoms with van der Waals surface area (Å²) >= 11 is 0. The molecule has 3 saturated heterocycles. The zero-order chi connectivity index (χ0) is 18.4. The van der Waals surface area contributed by atoms with E-state index in [0.29, 0.717) is 16.9 Å². The number of nitrogens with zero attached hydrogens (tertiary/aromatic N) is 6. The van der Waals surface area contributed by atoms with Crippen molar-refractivity contribution in [3.05, 3.63) is 12.7 Å². The molecule has 8 nitrogen and oxygen atoms in total. The third-order valence-corrected chi connectivity index (χ3v) is 6.87. The van der Waals surface area contributed by atoms with Crippen LogP contribution in [0.1, 0.15) is 44.8 Å². The van der Waals surface area contributed by atoms with Crippen LogP contribution in [0.5, 0.6) is 0 Å². The number of aromatic nitrogens is 4. The summed E-state index contributed by atoms with van der Waals surface area (Å²) in [6.45, 7) is 4.69. The van der Waals surface area contributed by atoms with E-state index in [1.807, 2.05) is 4.57 Å². The number of ether oxygens (including phenoxy) is 1. The summed E-state index contributed by atoms with van der Waals surface area (Å²) < 4.78 is 8.46. The molecule has 8 heteroatoms. The number of anilines is 1. The van der Waals surface area contributed by atoms with Gasteiger partial charge >= 0.3 is 0 Å². The van der Waals surface area contributed by atoms with E-state index >= 15 is 0 Å². The molecule has 27 heavy (non-hydrogen) atoms. The van der Waals surface area contributed by atoms with Crippen LogP contribution in [0.4, 0.5) is 5.82 Å². The fraction of sp³-hybridized carbons (Fsp3) is 0.737. The van der Waals surface area contributed by atoms with E-state index in [1.54, 1.807) is 6.33 Å². The van der Waals surface area contributed by atoms with Crippen molar-refractivity contribution < 1.29 is 4.74 Å². The Morgan fingerprint density at radius 3 is 2.85 bits per heavy atom. The molecule has 146 valence electrons. The topological polar surface area (TPSA) is 85.3 Å². The zero-order valence-electron chi connectivity index (χ0n) is 16.0. The summed E-state index contributed by atoms with van der Waals surface area (Å²) in [5.74, 6) is 0.426. The highest BCUT2D eigenvalue weighted by molar-refractivity contribution is 5.81. The Kier molecular flexibility index (Phi) is 4.29. The lowest BCUT2D eigenvalue weighted by molar-refractivity contribution is -0.0325. The average Bonchev–Trinajstić information content (AvgIpc) is 3.38. The van der Waals surface area contributed by atoms with Gasteiger partial charge in [-0.15, -0.1) is 0 Å². The van der Waals surface area contributed by atoms with Crippen LogP contribution in [0.15, 0.2) is 12.7 Å². The van der Waals surface area contributed by atoms with Gasteiger partial charge in [0.2, 0.25) is 0 Å². The number of nitrogens with two attached hydrogens (primary N) is 1. The minimum absolute atomic E-state index is 0.00894. The van der Waals surface area contributed by atoms with E-state index in [0.717, 1.165) is 25.0 Å². The first kappa shape index (κ1) is 17.3. The van der Waals surface area contributed by atoms with E-state index in [9.17, 15) is 0 Å². The molecule has 2 aromatic heterocycles. The SMILES string of the molecule is CN1CCC2(CCCN2CC2CCC(n3cnc4c(N)ncnc43)O2)CC1. The van der Waals surface area contributed by atoms with Crippen LogP contribution >= 0.6 is 0 Å². The zero-order valence-corrected chi connectivity index (χ0v) is 16.0. The molecule has 3 fully saturated rings. The summed E-state index contributed by atoms with van der Waals surface area (Å²) in [6.07, 6.45) is 10.9. The Balaban J connectivity index is 1.28. The second kappa shape index (κ2) is 6.68. The van der Waals surface area contributed by atoms with Gasteiger partial charge in [0, 0.05) is 12.1 Å². The van der Waals surface area contributed by atoms with Gasteiger partial charge in [-0.1, -0.05) is 0 Å². The monoisotopic (exact) mass is 371 g/mol. The number of nitrogen functional groups attached to an aromatic ring is 1. The van der Waals surface area contributed by atoms with Gasteiger partial charge in [0.1, 0.15) is 18.1 Å². The van der Waals surface area contributed by atoms with Crippen molar-refractivity contribution in [3.63, 3.8) is 0 Å². The quantitative estimate of drug-likeness (QED) is 0.878. The maximum absolute atomic E-state index is 6.44. The number of piperidine rings is 1. The molecule has 0 radical (unpaired) electrons. The number of likely N-dealkylation sites (tertiary alicyclic amines) is 2. The van der Waals surface area contributed by atoms with Crippen molar-refractivity contribution in [1.29, 1.82) is 0 Å². The maximum Gasteiger partial charge on any atom is 0.167 e. The number of hydrogen-bond acceptors (Lipinski definition) is 7. The van der Waals surface area contributed by atoms with Gasteiger partial charge in [0.25, 0.3) is 0 Å². The third kappa shape index (κ3) is 2.99. The molecule has 0 aromatic carbocycles. The summed E-state index contributed by atoms with van der Waals surface area (Å²) in [4.78, 5) is 18.0. The first-order chi connectivity index (χ1) is 13.1. The molecule has 0 amide bonds. The van der Waals surface area contributed by atoms with Crippen LogP contribution in [0.25, 0.3) is 11.2 Å². The van der Waals surface area contributed by atoms with Crippen LogP contribution < -0.4 is 5.73 Å². The lowest BCUT2D eigenvalue weighted by atomic mass is 9.85. The predicted molar refractivity (Wildman–Crippen MR) is 103 cm³/mol. The van der Waals surface area contributed by atoms with Crippen LogP contribution in [0, 0.1) is 0 Å². The number of fused-ring (bicyclic) bond motifs is 1. The van der Waals surface area contributed by atoms with E-state index in [-0.39, 0.29) is 12.3 Å². The average molecular weight is 371 g/mol. The predicted octanol–water partition coefficient (Wildman–Crippen LogP) is 1.65. The molecule has 2 atom stereocenters. The normalized spacial score (nSPS) is 29.2. The van der Waals surface area contributed by atoms with Gasteiger partial charge in [0.05, 0.1) is 12.4 Å². The smallest absolute Gasteiger partial charge is 0.167 e. The Morgan fingerprint density at radius 2 is 2.00 bits per heavy atom.